The number of nitrogens with zero attached hydrogens (tertiary/aromatic N) is 1. The van der Waals surface area contributed by atoms with Crippen molar-refractivity contribution in [2.24, 2.45) is 5.41 Å². The molecule has 0 bridgehead atoms. The van der Waals surface area contributed by atoms with E-state index in [4.69, 9.17) is 0 Å². The summed E-state index contributed by atoms with van der Waals surface area (Å²) in [6.07, 6.45) is 0. The van der Waals surface area contributed by atoms with Crippen molar-refractivity contribution in [3.8, 4) is 0 Å². The molecule has 1 aromatic rings. The summed E-state index contributed by atoms with van der Waals surface area (Å²) in [5.74, 6) is 0.140. The molecule has 0 atom stereocenters. The van der Waals surface area contributed by atoms with Crippen LogP contribution in [0.5, 0.6) is 0 Å². The van der Waals surface area contributed by atoms with Crippen LogP contribution >= 0.6 is 15.9 Å². The number of aryl methyl sites for hydroxylation is 1. The third-order valence-corrected chi connectivity index (χ3v) is 3.69. The molecule has 0 unspecified atom stereocenters. The number of carbonyl (C=O) groups is 1. The first-order valence-electron chi connectivity index (χ1n) is 5.65. The van der Waals surface area contributed by atoms with Gasteiger partial charge < -0.3 is 10.2 Å². The number of anilines is 2. The Morgan fingerprint density at radius 1 is 1.41 bits per heavy atom. The SMILES string of the molecule is Cc1cc(Br)cc2c1NCC(C)(C)C(=O)N2C. The summed E-state index contributed by atoms with van der Waals surface area (Å²) < 4.78 is 0.995. The molecule has 0 spiro atoms. The molecule has 1 aliphatic heterocycles. The largest absolute Gasteiger partial charge is 0.382 e. The van der Waals surface area contributed by atoms with Gasteiger partial charge in [-0.15, -0.1) is 0 Å². The Bertz CT molecular complexity index is 483. The smallest absolute Gasteiger partial charge is 0.234 e. The Morgan fingerprint density at radius 3 is 2.71 bits per heavy atom. The highest BCUT2D eigenvalue weighted by atomic mass is 79.9. The van der Waals surface area contributed by atoms with E-state index in [-0.39, 0.29) is 11.3 Å². The van der Waals surface area contributed by atoms with Gasteiger partial charge in [0.05, 0.1) is 16.8 Å². The van der Waals surface area contributed by atoms with Crippen molar-refractivity contribution in [2.45, 2.75) is 20.8 Å². The molecule has 3 nitrogen and oxygen atoms in total. The Labute approximate surface area is 110 Å². The first-order chi connectivity index (χ1) is 7.83. The zero-order valence-electron chi connectivity index (χ0n) is 10.6. The Kier molecular flexibility index (Phi) is 2.94. The number of benzene rings is 1. The topological polar surface area (TPSA) is 32.3 Å². The summed E-state index contributed by atoms with van der Waals surface area (Å²) in [6, 6.07) is 4.04. The van der Waals surface area contributed by atoms with Gasteiger partial charge in [0, 0.05) is 18.1 Å². The van der Waals surface area contributed by atoms with Crippen LogP contribution in [0.1, 0.15) is 19.4 Å². The summed E-state index contributed by atoms with van der Waals surface area (Å²) in [6.45, 7) is 6.64. The van der Waals surface area contributed by atoms with Crippen molar-refractivity contribution in [3.63, 3.8) is 0 Å². The first kappa shape index (κ1) is 12.4. The standard InChI is InChI=1S/C13H17BrN2O/c1-8-5-9(14)6-10-11(8)15-7-13(2,3)12(17)16(10)4/h5-6,15H,7H2,1-4H3. The van der Waals surface area contributed by atoms with Crippen LogP contribution in [0.15, 0.2) is 16.6 Å². The van der Waals surface area contributed by atoms with Crippen molar-refractivity contribution < 1.29 is 4.79 Å². The molecule has 0 aromatic heterocycles. The highest BCUT2D eigenvalue weighted by Gasteiger charge is 2.35. The van der Waals surface area contributed by atoms with Gasteiger partial charge in [0.25, 0.3) is 0 Å². The minimum absolute atomic E-state index is 0.140. The van der Waals surface area contributed by atoms with Crippen LogP contribution in [0.2, 0.25) is 0 Å². The van der Waals surface area contributed by atoms with Gasteiger partial charge in [0.15, 0.2) is 0 Å². The normalized spacial score (nSPS) is 18.4. The van der Waals surface area contributed by atoms with Crippen molar-refractivity contribution in [2.75, 3.05) is 23.8 Å². The molecule has 0 saturated heterocycles. The number of fused-ring (bicyclic) bond motifs is 1. The lowest BCUT2D eigenvalue weighted by Crippen LogP contribution is -2.40. The molecule has 17 heavy (non-hydrogen) atoms. The molecule has 4 heteroatoms. The fraction of sp³-hybridized carbons (Fsp3) is 0.462. The molecule has 0 radical (unpaired) electrons. The summed E-state index contributed by atoms with van der Waals surface area (Å²) in [4.78, 5) is 14.1. The molecule has 1 aliphatic rings. The average Bonchev–Trinajstić information content (AvgIpc) is 2.31. The number of halogens is 1. The fourth-order valence-electron chi connectivity index (χ4n) is 2.17. The molecule has 2 rings (SSSR count). The lowest BCUT2D eigenvalue weighted by atomic mass is 9.92. The Morgan fingerprint density at radius 2 is 2.06 bits per heavy atom. The minimum Gasteiger partial charge on any atom is -0.382 e. The summed E-state index contributed by atoms with van der Waals surface area (Å²) >= 11 is 3.48. The van der Waals surface area contributed by atoms with Crippen LogP contribution in [0.3, 0.4) is 0 Å². The number of hydrogen-bond donors (Lipinski definition) is 1. The zero-order valence-corrected chi connectivity index (χ0v) is 12.2. The summed E-state index contributed by atoms with van der Waals surface area (Å²) in [7, 11) is 1.84. The Balaban J connectivity index is 2.59. The van der Waals surface area contributed by atoms with E-state index in [1.165, 1.54) is 0 Å². The molecular weight excluding hydrogens is 280 g/mol. The van der Waals surface area contributed by atoms with E-state index < -0.39 is 0 Å². The van der Waals surface area contributed by atoms with E-state index in [2.05, 4.69) is 27.3 Å². The van der Waals surface area contributed by atoms with Crippen LogP contribution in [0.25, 0.3) is 0 Å². The predicted octanol–water partition coefficient (Wildman–Crippen LogP) is 3.17. The first-order valence-corrected chi connectivity index (χ1v) is 6.44. The molecule has 0 fully saturated rings. The van der Waals surface area contributed by atoms with E-state index in [1.54, 1.807) is 4.90 Å². The van der Waals surface area contributed by atoms with Gasteiger partial charge in [-0.1, -0.05) is 15.9 Å². The summed E-state index contributed by atoms with van der Waals surface area (Å²) in [5, 5.41) is 3.39. The highest BCUT2D eigenvalue weighted by Crippen LogP contribution is 2.37. The van der Waals surface area contributed by atoms with Gasteiger partial charge in [-0.25, -0.2) is 0 Å². The van der Waals surface area contributed by atoms with Gasteiger partial charge in [0.1, 0.15) is 0 Å². The number of amides is 1. The molecule has 0 aliphatic carbocycles. The molecule has 1 amide bonds. The zero-order chi connectivity index (χ0) is 12.8. The van der Waals surface area contributed by atoms with Gasteiger partial charge in [-0.05, 0) is 38.5 Å². The second-order valence-electron chi connectivity index (χ2n) is 5.22. The maximum absolute atomic E-state index is 12.3. The van der Waals surface area contributed by atoms with Crippen LogP contribution in [-0.4, -0.2) is 19.5 Å². The second kappa shape index (κ2) is 4.02. The third kappa shape index (κ3) is 2.06. The third-order valence-electron chi connectivity index (χ3n) is 3.23. The lowest BCUT2D eigenvalue weighted by molar-refractivity contribution is -0.125. The van der Waals surface area contributed by atoms with Gasteiger partial charge >= 0.3 is 0 Å². The van der Waals surface area contributed by atoms with Crippen LogP contribution in [0, 0.1) is 12.3 Å². The van der Waals surface area contributed by atoms with Crippen LogP contribution < -0.4 is 10.2 Å². The Hall–Kier alpha value is -1.03. The molecule has 1 N–H and O–H groups in total. The van der Waals surface area contributed by atoms with E-state index >= 15 is 0 Å². The van der Waals surface area contributed by atoms with E-state index in [9.17, 15) is 4.79 Å². The number of hydrogen-bond acceptors (Lipinski definition) is 2. The van der Waals surface area contributed by atoms with Crippen LogP contribution in [-0.2, 0) is 4.79 Å². The van der Waals surface area contributed by atoms with Crippen LogP contribution in [0.4, 0.5) is 11.4 Å². The average molecular weight is 297 g/mol. The molecule has 92 valence electrons. The van der Waals surface area contributed by atoms with Crippen molar-refractivity contribution in [1.82, 2.24) is 0 Å². The maximum Gasteiger partial charge on any atom is 0.234 e. The number of carbonyl (C=O) groups excluding carboxylic acids is 1. The molecule has 1 heterocycles. The lowest BCUT2D eigenvalue weighted by Gasteiger charge is -2.25. The number of nitrogens with one attached hydrogen (secondary N) is 1. The van der Waals surface area contributed by atoms with Gasteiger partial charge in [0.2, 0.25) is 5.91 Å². The van der Waals surface area contributed by atoms with Gasteiger partial charge in [-0.3, -0.25) is 4.79 Å². The minimum atomic E-state index is -0.382. The predicted molar refractivity (Wildman–Crippen MR) is 74.6 cm³/mol. The van der Waals surface area contributed by atoms with Crippen molar-refractivity contribution in [3.05, 3.63) is 22.2 Å². The highest BCUT2D eigenvalue weighted by molar-refractivity contribution is 9.10. The quantitative estimate of drug-likeness (QED) is 0.797. The van der Waals surface area contributed by atoms with Gasteiger partial charge in [-0.2, -0.15) is 0 Å². The van der Waals surface area contributed by atoms with Crippen molar-refractivity contribution in [1.29, 1.82) is 0 Å². The number of rotatable bonds is 0. The van der Waals surface area contributed by atoms with Crippen molar-refractivity contribution >= 4 is 33.2 Å². The molecular formula is C13H17BrN2O. The molecule has 1 aromatic carbocycles. The monoisotopic (exact) mass is 296 g/mol. The molecule has 0 saturated carbocycles. The fourth-order valence-corrected chi connectivity index (χ4v) is 2.73. The van der Waals surface area contributed by atoms with E-state index in [0.29, 0.717) is 6.54 Å². The second-order valence-corrected chi connectivity index (χ2v) is 6.13. The van der Waals surface area contributed by atoms with E-state index in [0.717, 1.165) is 21.4 Å². The van der Waals surface area contributed by atoms with E-state index in [1.807, 2.05) is 33.9 Å². The maximum atomic E-state index is 12.3. The summed E-state index contributed by atoms with van der Waals surface area (Å²) in [5.41, 5.74) is 2.75.